The van der Waals surface area contributed by atoms with Crippen molar-refractivity contribution in [3.63, 3.8) is 0 Å². The number of amides is 1. The molecule has 1 aromatic rings. The van der Waals surface area contributed by atoms with Crippen LogP contribution in [0.25, 0.3) is 0 Å². The Morgan fingerprint density at radius 2 is 2.22 bits per heavy atom. The highest BCUT2D eigenvalue weighted by Gasteiger charge is 2.26. The molecule has 0 aromatic heterocycles. The molecule has 0 spiro atoms. The largest absolute Gasteiger partial charge is 0.480 e. The van der Waals surface area contributed by atoms with Gasteiger partial charge in [0.25, 0.3) is 0 Å². The van der Waals surface area contributed by atoms with E-state index in [9.17, 15) is 9.59 Å². The van der Waals surface area contributed by atoms with Crippen molar-refractivity contribution in [1.29, 1.82) is 0 Å². The fourth-order valence-electron chi connectivity index (χ4n) is 1.97. The number of hydrogen-bond acceptors (Lipinski definition) is 4. The van der Waals surface area contributed by atoms with Crippen molar-refractivity contribution in [3.05, 3.63) is 29.8 Å². The maximum atomic E-state index is 11.5. The molecule has 0 saturated carbocycles. The molecular formula is C12H15N3O3. The summed E-state index contributed by atoms with van der Waals surface area (Å²) in [7, 11) is 1.69. The number of aliphatic carboxylic acids is 1. The van der Waals surface area contributed by atoms with Gasteiger partial charge in [-0.05, 0) is 17.7 Å². The molecule has 0 radical (unpaired) electrons. The number of anilines is 1. The van der Waals surface area contributed by atoms with Crippen LogP contribution in [0.5, 0.6) is 0 Å². The summed E-state index contributed by atoms with van der Waals surface area (Å²) in [5.41, 5.74) is 6.87. The van der Waals surface area contributed by atoms with Gasteiger partial charge in [0.1, 0.15) is 6.04 Å². The summed E-state index contributed by atoms with van der Waals surface area (Å²) in [6.07, 6.45) is 0.464. The summed E-state index contributed by atoms with van der Waals surface area (Å²) < 4.78 is 0. The maximum Gasteiger partial charge on any atom is 0.325 e. The third-order valence-electron chi connectivity index (χ3n) is 3.05. The molecule has 2 rings (SSSR count). The van der Waals surface area contributed by atoms with Crippen molar-refractivity contribution in [2.24, 2.45) is 5.73 Å². The van der Waals surface area contributed by atoms with Gasteiger partial charge in [0.2, 0.25) is 5.91 Å². The van der Waals surface area contributed by atoms with Gasteiger partial charge in [-0.25, -0.2) is 0 Å². The molecule has 1 atom stereocenters. The molecule has 1 aromatic carbocycles. The van der Waals surface area contributed by atoms with Gasteiger partial charge < -0.3 is 10.8 Å². The minimum Gasteiger partial charge on any atom is -0.480 e. The first-order valence-corrected chi connectivity index (χ1v) is 5.63. The number of nitrogens with two attached hydrogens (primary N) is 1. The second-order valence-electron chi connectivity index (χ2n) is 4.20. The number of carboxylic acid groups (broad SMARTS) is 1. The topological polar surface area (TPSA) is 86.9 Å². The van der Waals surface area contributed by atoms with E-state index in [1.54, 1.807) is 30.3 Å². The van der Waals surface area contributed by atoms with Gasteiger partial charge in [0.05, 0.1) is 5.69 Å². The van der Waals surface area contributed by atoms with Crippen LogP contribution in [-0.4, -0.2) is 35.6 Å². The second-order valence-corrected chi connectivity index (χ2v) is 4.20. The van der Waals surface area contributed by atoms with Crippen LogP contribution in [0.1, 0.15) is 18.0 Å². The molecule has 1 heterocycles. The van der Waals surface area contributed by atoms with E-state index in [0.29, 0.717) is 18.5 Å². The molecule has 0 bridgehead atoms. The van der Waals surface area contributed by atoms with Crippen molar-refractivity contribution in [1.82, 2.24) is 5.01 Å². The third kappa shape index (κ3) is 2.14. The number of nitrogens with zero attached hydrogens (tertiary/aromatic N) is 2. The molecule has 6 heteroatoms. The highest BCUT2D eigenvalue weighted by Crippen LogP contribution is 2.24. The highest BCUT2D eigenvalue weighted by molar-refractivity contribution is 5.82. The van der Waals surface area contributed by atoms with E-state index >= 15 is 0 Å². The number of benzene rings is 1. The summed E-state index contributed by atoms with van der Waals surface area (Å²) in [5, 5.41) is 12.2. The first-order valence-electron chi connectivity index (χ1n) is 5.63. The Hall–Kier alpha value is -2.08. The van der Waals surface area contributed by atoms with Crippen LogP contribution in [0.4, 0.5) is 5.69 Å². The minimum atomic E-state index is -1.07. The molecule has 1 aliphatic rings. The Bertz CT molecular complexity index is 489. The van der Waals surface area contributed by atoms with Crippen LogP contribution in [0.15, 0.2) is 24.3 Å². The number of rotatable bonds is 3. The molecule has 6 nitrogen and oxygen atoms in total. The lowest BCUT2D eigenvalue weighted by Crippen LogP contribution is -2.35. The standard InChI is InChI=1S/C12H15N3O3/c1-14-10(16)5-6-15(14)9-4-2-3-8(7-9)11(13)12(17)18/h2-4,7,11H,5-6,13H2,1H3,(H,17,18). The van der Waals surface area contributed by atoms with Crippen molar-refractivity contribution >= 4 is 17.6 Å². The second kappa shape index (κ2) is 4.66. The lowest BCUT2D eigenvalue weighted by molar-refractivity contribution is -0.138. The number of carbonyl (C=O) groups is 2. The van der Waals surface area contributed by atoms with Gasteiger partial charge in [0.15, 0.2) is 0 Å². The molecule has 1 fully saturated rings. The zero-order chi connectivity index (χ0) is 13.3. The SMILES string of the molecule is CN1C(=O)CCN1c1cccc(C(N)C(=O)O)c1. The van der Waals surface area contributed by atoms with Crippen LogP contribution >= 0.6 is 0 Å². The molecule has 1 saturated heterocycles. The number of carbonyl (C=O) groups excluding carboxylic acids is 1. The minimum absolute atomic E-state index is 0.0444. The van der Waals surface area contributed by atoms with E-state index in [2.05, 4.69) is 0 Å². The number of carboxylic acids is 1. The zero-order valence-corrected chi connectivity index (χ0v) is 10.0. The molecule has 1 aliphatic heterocycles. The summed E-state index contributed by atoms with van der Waals surface area (Å²) in [6, 6.07) is 5.89. The first kappa shape index (κ1) is 12.4. The van der Waals surface area contributed by atoms with E-state index in [0.717, 1.165) is 5.69 Å². The predicted molar refractivity (Wildman–Crippen MR) is 65.7 cm³/mol. The Morgan fingerprint density at radius 3 is 2.78 bits per heavy atom. The fraction of sp³-hybridized carbons (Fsp3) is 0.333. The Morgan fingerprint density at radius 1 is 1.50 bits per heavy atom. The molecule has 96 valence electrons. The van der Waals surface area contributed by atoms with Gasteiger partial charge in [-0.3, -0.25) is 19.6 Å². The Balaban J connectivity index is 2.28. The summed E-state index contributed by atoms with van der Waals surface area (Å²) in [4.78, 5) is 22.3. The van der Waals surface area contributed by atoms with Gasteiger partial charge in [-0.15, -0.1) is 0 Å². The molecular weight excluding hydrogens is 234 g/mol. The van der Waals surface area contributed by atoms with Gasteiger partial charge in [-0.1, -0.05) is 12.1 Å². The Kier molecular flexibility index (Phi) is 3.20. The lowest BCUT2D eigenvalue weighted by Gasteiger charge is -2.26. The summed E-state index contributed by atoms with van der Waals surface area (Å²) in [5.74, 6) is -1.03. The van der Waals surface area contributed by atoms with Crippen LogP contribution in [0, 0.1) is 0 Å². The average Bonchev–Trinajstić information content (AvgIpc) is 2.69. The van der Waals surface area contributed by atoms with Crippen molar-refractivity contribution in [2.45, 2.75) is 12.5 Å². The fourth-order valence-corrected chi connectivity index (χ4v) is 1.97. The quantitative estimate of drug-likeness (QED) is 0.807. The number of hydrazine groups is 1. The molecule has 1 amide bonds. The molecule has 0 aliphatic carbocycles. The van der Waals surface area contributed by atoms with E-state index in [-0.39, 0.29) is 5.91 Å². The smallest absolute Gasteiger partial charge is 0.325 e. The van der Waals surface area contributed by atoms with Crippen LogP contribution < -0.4 is 10.7 Å². The van der Waals surface area contributed by atoms with Crippen molar-refractivity contribution < 1.29 is 14.7 Å². The van der Waals surface area contributed by atoms with Crippen molar-refractivity contribution in [2.75, 3.05) is 18.6 Å². The average molecular weight is 249 g/mol. The van der Waals surface area contributed by atoms with Gasteiger partial charge in [-0.2, -0.15) is 0 Å². The van der Waals surface area contributed by atoms with Crippen LogP contribution in [0.2, 0.25) is 0 Å². The highest BCUT2D eigenvalue weighted by atomic mass is 16.4. The monoisotopic (exact) mass is 249 g/mol. The van der Waals surface area contributed by atoms with E-state index in [4.69, 9.17) is 10.8 Å². The summed E-state index contributed by atoms with van der Waals surface area (Å²) >= 11 is 0. The predicted octanol–water partition coefficient (Wildman–Crippen LogP) is 0.355. The van der Waals surface area contributed by atoms with Crippen LogP contribution in [0.3, 0.4) is 0 Å². The normalized spacial score (nSPS) is 17.1. The van der Waals surface area contributed by atoms with Gasteiger partial charge in [0, 0.05) is 20.0 Å². The molecule has 18 heavy (non-hydrogen) atoms. The molecule has 1 unspecified atom stereocenters. The zero-order valence-electron chi connectivity index (χ0n) is 10.0. The van der Waals surface area contributed by atoms with Gasteiger partial charge >= 0.3 is 5.97 Å². The number of hydrogen-bond donors (Lipinski definition) is 2. The Labute approximate surface area is 105 Å². The lowest BCUT2D eigenvalue weighted by atomic mass is 10.1. The third-order valence-corrected chi connectivity index (χ3v) is 3.05. The van der Waals surface area contributed by atoms with Crippen LogP contribution in [-0.2, 0) is 9.59 Å². The summed E-state index contributed by atoms with van der Waals surface area (Å²) in [6.45, 7) is 0.598. The van der Waals surface area contributed by atoms with E-state index in [1.165, 1.54) is 5.01 Å². The van der Waals surface area contributed by atoms with E-state index in [1.807, 2.05) is 6.07 Å². The molecule has 3 N–H and O–H groups in total. The van der Waals surface area contributed by atoms with Crippen molar-refractivity contribution in [3.8, 4) is 0 Å². The first-order chi connectivity index (χ1) is 8.50. The van der Waals surface area contributed by atoms with E-state index < -0.39 is 12.0 Å². The maximum absolute atomic E-state index is 11.5.